The van der Waals surface area contributed by atoms with E-state index in [1.54, 1.807) is 7.05 Å². The zero-order valence-electron chi connectivity index (χ0n) is 13.5. The molecule has 0 radical (unpaired) electrons. The highest BCUT2D eigenvalue weighted by Gasteiger charge is 2.10. The molecule has 2 heterocycles. The van der Waals surface area contributed by atoms with Crippen molar-refractivity contribution in [2.45, 2.75) is 13.0 Å². The van der Waals surface area contributed by atoms with Crippen molar-refractivity contribution in [2.24, 2.45) is 14.1 Å². The number of hydrogen-bond acceptors (Lipinski definition) is 3. The molecular formula is C17H18N4O3. The lowest BCUT2D eigenvalue weighted by molar-refractivity contribution is -0.120. The van der Waals surface area contributed by atoms with Gasteiger partial charge in [0.05, 0.1) is 13.0 Å². The van der Waals surface area contributed by atoms with E-state index in [2.05, 4.69) is 10.3 Å². The van der Waals surface area contributed by atoms with E-state index in [0.29, 0.717) is 5.69 Å². The van der Waals surface area contributed by atoms with Crippen molar-refractivity contribution < 1.29 is 4.79 Å². The molecule has 1 amide bonds. The maximum Gasteiger partial charge on any atom is 0.330 e. The summed E-state index contributed by atoms with van der Waals surface area (Å²) in [5, 5.41) is 3.76. The summed E-state index contributed by atoms with van der Waals surface area (Å²) < 4.78 is 2.38. The SMILES string of the molecule is Cn1c(CNC(=O)Cc2c[nH]c3ccccc23)cc(=O)n(C)c1=O. The average molecular weight is 326 g/mol. The first-order valence-corrected chi connectivity index (χ1v) is 7.55. The Labute approximate surface area is 137 Å². The Balaban J connectivity index is 1.73. The van der Waals surface area contributed by atoms with E-state index in [1.165, 1.54) is 17.7 Å². The van der Waals surface area contributed by atoms with Crippen LogP contribution in [0.1, 0.15) is 11.3 Å². The Morgan fingerprint density at radius 2 is 1.92 bits per heavy atom. The van der Waals surface area contributed by atoms with Gasteiger partial charge in [-0.1, -0.05) is 18.2 Å². The third kappa shape index (κ3) is 2.88. The molecule has 7 heteroatoms. The summed E-state index contributed by atoms with van der Waals surface area (Å²) in [4.78, 5) is 38.9. The Hall–Kier alpha value is -3.09. The van der Waals surface area contributed by atoms with Gasteiger partial charge >= 0.3 is 5.69 Å². The molecule has 0 aliphatic carbocycles. The lowest BCUT2D eigenvalue weighted by Gasteiger charge is -2.10. The number of nitrogens with zero attached hydrogens (tertiary/aromatic N) is 2. The van der Waals surface area contributed by atoms with Crippen LogP contribution in [0.25, 0.3) is 10.9 Å². The van der Waals surface area contributed by atoms with Crippen molar-refractivity contribution in [3.63, 3.8) is 0 Å². The quantitative estimate of drug-likeness (QED) is 0.728. The summed E-state index contributed by atoms with van der Waals surface area (Å²) in [7, 11) is 2.99. The number of amides is 1. The zero-order valence-corrected chi connectivity index (χ0v) is 13.5. The van der Waals surface area contributed by atoms with Crippen molar-refractivity contribution in [3.8, 4) is 0 Å². The minimum Gasteiger partial charge on any atom is -0.361 e. The fraction of sp³-hybridized carbons (Fsp3) is 0.235. The van der Waals surface area contributed by atoms with Crippen LogP contribution in [0.3, 0.4) is 0 Å². The maximum atomic E-state index is 12.2. The van der Waals surface area contributed by atoms with Gasteiger partial charge in [-0.05, 0) is 11.6 Å². The molecule has 1 aromatic carbocycles. The predicted molar refractivity (Wildman–Crippen MR) is 90.8 cm³/mol. The van der Waals surface area contributed by atoms with E-state index in [1.807, 2.05) is 30.5 Å². The largest absolute Gasteiger partial charge is 0.361 e. The summed E-state index contributed by atoms with van der Waals surface area (Å²) in [5.74, 6) is -0.173. The Kier molecular flexibility index (Phi) is 4.07. The normalized spacial score (nSPS) is 10.9. The number of aromatic nitrogens is 3. The van der Waals surface area contributed by atoms with E-state index < -0.39 is 5.69 Å². The Morgan fingerprint density at radius 1 is 1.17 bits per heavy atom. The van der Waals surface area contributed by atoms with Crippen LogP contribution in [0.2, 0.25) is 0 Å². The van der Waals surface area contributed by atoms with Crippen LogP contribution in [0.5, 0.6) is 0 Å². The highest BCUT2D eigenvalue weighted by atomic mass is 16.2. The second-order valence-electron chi connectivity index (χ2n) is 5.69. The second-order valence-corrected chi connectivity index (χ2v) is 5.69. The number of aromatic amines is 1. The van der Waals surface area contributed by atoms with Gasteiger partial charge in [0.15, 0.2) is 0 Å². The molecule has 2 N–H and O–H groups in total. The molecule has 0 fully saturated rings. The molecule has 7 nitrogen and oxygen atoms in total. The number of carbonyl (C=O) groups is 1. The van der Waals surface area contributed by atoms with Crippen molar-refractivity contribution in [3.05, 3.63) is 68.6 Å². The molecule has 2 aromatic heterocycles. The molecule has 0 atom stereocenters. The van der Waals surface area contributed by atoms with Gasteiger partial charge in [0.1, 0.15) is 0 Å². The molecule has 3 aromatic rings. The Morgan fingerprint density at radius 3 is 2.71 bits per heavy atom. The van der Waals surface area contributed by atoms with E-state index in [4.69, 9.17) is 0 Å². The summed E-state index contributed by atoms with van der Waals surface area (Å²) in [6, 6.07) is 9.12. The third-order valence-corrected chi connectivity index (χ3v) is 4.12. The highest BCUT2D eigenvalue weighted by Crippen LogP contribution is 2.17. The molecular weight excluding hydrogens is 308 g/mol. The fourth-order valence-electron chi connectivity index (χ4n) is 2.65. The number of hydrogen-bond donors (Lipinski definition) is 2. The van der Waals surface area contributed by atoms with Gasteiger partial charge < -0.3 is 10.3 Å². The summed E-state index contributed by atoms with van der Waals surface area (Å²) in [6.45, 7) is 0.128. The van der Waals surface area contributed by atoms with E-state index >= 15 is 0 Å². The second kappa shape index (κ2) is 6.19. The monoisotopic (exact) mass is 326 g/mol. The molecule has 0 bridgehead atoms. The number of nitrogens with one attached hydrogen (secondary N) is 2. The molecule has 24 heavy (non-hydrogen) atoms. The minimum absolute atomic E-state index is 0.128. The van der Waals surface area contributed by atoms with Crippen LogP contribution in [0.4, 0.5) is 0 Å². The first kappa shape index (κ1) is 15.8. The molecule has 3 rings (SSSR count). The molecule has 0 unspecified atom stereocenters. The fourth-order valence-corrected chi connectivity index (χ4v) is 2.65. The number of H-pyrrole nitrogens is 1. The van der Waals surface area contributed by atoms with Crippen molar-refractivity contribution in [1.82, 2.24) is 19.4 Å². The molecule has 0 saturated heterocycles. The van der Waals surface area contributed by atoms with Crippen molar-refractivity contribution >= 4 is 16.8 Å². The number of fused-ring (bicyclic) bond motifs is 1. The molecule has 0 aliphatic rings. The number of carbonyl (C=O) groups excluding carboxylic acids is 1. The minimum atomic E-state index is -0.414. The highest BCUT2D eigenvalue weighted by molar-refractivity contribution is 5.88. The van der Waals surface area contributed by atoms with Crippen LogP contribution >= 0.6 is 0 Å². The summed E-state index contributed by atoms with van der Waals surface area (Å²) >= 11 is 0. The molecule has 0 aliphatic heterocycles. The maximum absolute atomic E-state index is 12.2. The zero-order chi connectivity index (χ0) is 17.3. The smallest absolute Gasteiger partial charge is 0.330 e. The van der Waals surface area contributed by atoms with E-state index in [9.17, 15) is 14.4 Å². The average Bonchev–Trinajstić information content (AvgIpc) is 2.98. The molecule has 124 valence electrons. The van der Waals surface area contributed by atoms with Gasteiger partial charge in [-0.25, -0.2) is 4.79 Å². The molecule has 0 spiro atoms. The topological polar surface area (TPSA) is 88.9 Å². The Bertz CT molecular complexity index is 1030. The van der Waals surface area contributed by atoms with Crippen LogP contribution < -0.4 is 16.6 Å². The van der Waals surface area contributed by atoms with Crippen LogP contribution in [-0.4, -0.2) is 20.0 Å². The van der Waals surface area contributed by atoms with Crippen molar-refractivity contribution in [1.29, 1.82) is 0 Å². The standard InChI is InChI=1S/C17H18N4O3/c1-20-12(8-16(23)21(2)17(20)24)10-19-15(22)7-11-9-18-14-6-4-3-5-13(11)14/h3-6,8-9,18H,7,10H2,1-2H3,(H,19,22). The van der Waals surface area contributed by atoms with E-state index in [-0.39, 0.29) is 24.4 Å². The van der Waals surface area contributed by atoms with Gasteiger partial charge in [0.25, 0.3) is 5.56 Å². The first-order valence-electron chi connectivity index (χ1n) is 7.55. The third-order valence-electron chi connectivity index (χ3n) is 4.12. The first-order chi connectivity index (χ1) is 11.5. The van der Waals surface area contributed by atoms with E-state index in [0.717, 1.165) is 21.0 Å². The van der Waals surface area contributed by atoms with Gasteiger partial charge in [-0.15, -0.1) is 0 Å². The van der Waals surface area contributed by atoms with Crippen LogP contribution in [-0.2, 0) is 31.9 Å². The summed E-state index contributed by atoms with van der Waals surface area (Å²) in [6.07, 6.45) is 2.04. The number of rotatable bonds is 4. The van der Waals surface area contributed by atoms with Gasteiger partial charge in [0.2, 0.25) is 5.91 Å². The molecule has 0 saturated carbocycles. The lowest BCUT2D eigenvalue weighted by atomic mass is 10.1. The predicted octanol–water partition coefficient (Wildman–Crippen LogP) is 0.424. The van der Waals surface area contributed by atoms with Gasteiger partial charge in [-0.2, -0.15) is 0 Å². The lowest BCUT2D eigenvalue weighted by Crippen LogP contribution is -2.39. The number of para-hydroxylation sites is 1. The van der Waals surface area contributed by atoms with Crippen LogP contribution in [0, 0.1) is 0 Å². The number of benzene rings is 1. The summed E-state index contributed by atoms with van der Waals surface area (Å²) in [5.41, 5.74) is 1.55. The van der Waals surface area contributed by atoms with Crippen LogP contribution in [0.15, 0.2) is 46.1 Å². The van der Waals surface area contributed by atoms with Crippen molar-refractivity contribution in [2.75, 3.05) is 0 Å². The van der Waals surface area contributed by atoms with Gasteiger partial charge in [-0.3, -0.25) is 18.7 Å². The van der Waals surface area contributed by atoms with Gasteiger partial charge in [0, 0.05) is 43.0 Å².